The number of carboxylic acid groups (broad SMARTS) is 2. The van der Waals surface area contributed by atoms with Gasteiger partial charge < -0.3 is 15.5 Å². The van der Waals surface area contributed by atoms with Crippen molar-refractivity contribution in [3.63, 3.8) is 0 Å². The summed E-state index contributed by atoms with van der Waals surface area (Å²) in [5.74, 6) is -1.56. The normalized spacial score (nSPS) is 20.6. The molecule has 0 radical (unpaired) electrons. The van der Waals surface area contributed by atoms with E-state index in [9.17, 15) is 4.79 Å². The summed E-state index contributed by atoms with van der Waals surface area (Å²) in [6, 6.07) is -0.250. The van der Waals surface area contributed by atoms with Crippen LogP contribution in [0.3, 0.4) is 0 Å². The van der Waals surface area contributed by atoms with E-state index in [1.165, 1.54) is 0 Å². The third-order valence-corrected chi connectivity index (χ3v) is 1.12. The predicted octanol–water partition coefficient (Wildman–Crippen LogP) is -0.476. The molecule has 0 unspecified atom stereocenters. The minimum atomic E-state index is -0.833. The fourth-order valence-electron chi connectivity index (χ4n) is 0.499. The van der Waals surface area contributed by atoms with Gasteiger partial charge in [-0.25, -0.2) is 0 Å². The Morgan fingerprint density at radius 3 is 1.82 bits per heavy atom. The zero-order valence-electron chi connectivity index (χ0n) is 6.20. The van der Waals surface area contributed by atoms with Gasteiger partial charge in [0.1, 0.15) is 6.04 Å². The van der Waals surface area contributed by atoms with Crippen LogP contribution in [-0.2, 0) is 9.59 Å². The molecular formula is C6H11NO4. The molecule has 1 saturated heterocycles. The third-order valence-electron chi connectivity index (χ3n) is 1.12. The molecule has 0 bridgehead atoms. The Labute approximate surface area is 64.0 Å². The summed E-state index contributed by atoms with van der Waals surface area (Å²) in [6.45, 7) is 1.94. The molecule has 0 aliphatic carbocycles. The summed E-state index contributed by atoms with van der Waals surface area (Å²) in [5, 5.41) is 18.3. The molecule has 0 aromatic carbocycles. The number of carboxylic acids is 2. The first-order valence-electron chi connectivity index (χ1n) is 3.19. The van der Waals surface area contributed by atoms with Crippen LogP contribution >= 0.6 is 0 Å². The first-order chi connectivity index (χ1) is 5.04. The first-order valence-corrected chi connectivity index (χ1v) is 3.19. The van der Waals surface area contributed by atoms with Crippen molar-refractivity contribution in [3.8, 4) is 0 Å². The number of carbonyl (C=O) groups is 2. The van der Waals surface area contributed by atoms with Crippen LogP contribution in [0, 0.1) is 0 Å². The van der Waals surface area contributed by atoms with Crippen LogP contribution in [0.1, 0.15) is 13.3 Å². The molecular weight excluding hydrogens is 150 g/mol. The lowest BCUT2D eigenvalue weighted by Gasteiger charge is -2.22. The minimum Gasteiger partial charge on any atom is -0.481 e. The number of hydrogen-bond donors (Lipinski definition) is 3. The van der Waals surface area contributed by atoms with Crippen LogP contribution in [0.4, 0.5) is 0 Å². The summed E-state index contributed by atoms with van der Waals surface area (Å²) in [4.78, 5) is 18.9. The van der Waals surface area contributed by atoms with Gasteiger partial charge in [-0.05, 0) is 13.0 Å². The largest absolute Gasteiger partial charge is 0.481 e. The van der Waals surface area contributed by atoms with E-state index >= 15 is 0 Å². The van der Waals surface area contributed by atoms with Crippen molar-refractivity contribution in [3.05, 3.63) is 0 Å². The Morgan fingerprint density at radius 1 is 1.45 bits per heavy atom. The van der Waals surface area contributed by atoms with Crippen molar-refractivity contribution < 1.29 is 19.8 Å². The van der Waals surface area contributed by atoms with Gasteiger partial charge in [-0.2, -0.15) is 0 Å². The van der Waals surface area contributed by atoms with Crippen molar-refractivity contribution in [1.82, 2.24) is 5.32 Å². The molecule has 0 spiro atoms. The quantitative estimate of drug-likeness (QED) is 0.483. The maximum Gasteiger partial charge on any atom is 0.320 e. The van der Waals surface area contributed by atoms with Gasteiger partial charge >= 0.3 is 5.97 Å². The highest BCUT2D eigenvalue weighted by Crippen LogP contribution is 1.99. The fraction of sp³-hybridized carbons (Fsp3) is 0.667. The summed E-state index contributed by atoms with van der Waals surface area (Å²) in [6.07, 6.45) is 0.787. The molecule has 1 aliphatic heterocycles. The van der Waals surface area contributed by atoms with Crippen LogP contribution in [0.5, 0.6) is 0 Å². The van der Waals surface area contributed by atoms with E-state index in [1.807, 2.05) is 0 Å². The van der Waals surface area contributed by atoms with Crippen LogP contribution in [-0.4, -0.2) is 34.7 Å². The fourth-order valence-corrected chi connectivity index (χ4v) is 0.499. The minimum absolute atomic E-state index is 0.250. The number of aliphatic carboxylic acids is 2. The highest BCUT2D eigenvalue weighted by atomic mass is 16.4. The maximum atomic E-state index is 9.92. The number of nitrogens with one attached hydrogen (secondary N) is 1. The summed E-state index contributed by atoms with van der Waals surface area (Å²) >= 11 is 0. The van der Waals surface area contributed by atoms with Crippen molar-refractivity contribution in [1.29, 1.82) is 0 Å². The zero-order chi connectivity index (χ0) is 8.85. The smallest absolute Gasteiger partial charge is 0.320 e. The van der Waals surface area contributed by atoms with Gasteiger partial charge in [-0.1, -0.05) is 0 Å². The topological polar surface area (TPSA) is 86.6 Å². The lowest BCUT2D eigenvalue weighted by molar-refractivity contribution is -0.141. The second kappa shape index (κ2) is 4.68. The second-order valence-corrected chi connectivity index (χ2v) is 2.15. The zero-order valence-corrected chi connectivity index (χ0v) is 6.20. The second-order valence-electron chi connectivity index (χ2n) is 2.15. The van der Waals surface area contributed by atoms with Crippen molar-refractivity contribution in [2.75, 3.05) is 6.54 Å². The molecule has 0 aromatic rings. The number of rotatable bonds is 1. The van der Waals surface area contributed by atoms with Gasteiger partial charge in [-0.15, -0.1) is 0 Å². The van der Waals surface area contributed by atoms with Gasteiger partial charge in [0.2, 0.25) is 0 Å². The number of hydrogen-bond acceptors (Lipinski definition) is 3. The average Bonchev–Trinajstić information content (AvgIpc) is 1.53. The highest BCUT2D eigenvalue weighted by molar-refractivity contribution is 5.74. The molecule has 5 heteroatoms. The van der Waals surface area contributed by atoms with Gasteiger partial charge in [0.25, 0.3) is 5.97 Å². The Kier molecular flexibility index (Phi) is 4.21. The monoisotopic (exact) mass is 161 g/mol. The summed E-state index contributed by atoms with van der Waals surface area (Å²) in [7, 11) is 0. The standard InChI is InChI=1S/C4H7NO2.C2H4O2/c6-4(7)3-1-2-5-3;1-2(3)4/h3,5H,1-2H2,(H,6,7);1H3,(H,3,4)/t3-;/m0./s1. The van der Waals surface area contributed by atoms with E-state index in [1.54, 1.807) is 0 Å². The van der Waals surface area contributed by atoms with Crippen molar-refractivity contribution in [2.45, 2.75) is 19.4 Å². The van der Waals surface area contributed by atoms with Gasteiger partial charge in [0.05, 0.1) is 0 Å². The van der Waals surface area contributed by atoms with E-state index in [2.05, 4.69) is 5.32 Å². The Hall–Kier alpha value is -1.10. The highest BCUT2D eigenvalue weighted by Gasteiger charge is 2.22. The molecule has 64 valence electrons. The van der Waals surface area contributed by atoms with E-state index in [0.29, 0.717) is 0 Å². The maximum absolute atomic E-state index is 9.92. The van der Waals surface area contributed by atoms with E-state index in [4.69, 9.17) is 15.0 Å². The van der Waals surface area contributed by atoms with Crippen LogP contribution in [0.2, 0.25) is 0 Å². The molecule has 0 aromatic heterocycles. The average molecular weight is 161 g/mol. The molecule has 0 amide bonds. The molecule has 11 heavy (non-hydrogen) atoms. The first kappa shape index (κ1) is 9.90. The molecule has 0 saturated carbocycles. The third kappa shape index (κ3) is 5.35. The Morgan fingerprint density at radius 2 is 1.82 bits per heavy atom. The molecule has 1 aliphatic rings. The Bertz CT molecular complexity index is 149. The molecule has 3 N–H and O–H groups in total. The predicted molar refractivity (Wildman–Crippen MR) is 37.4 cm³/mol. The SMILES string of the molecule is CC(=O)O.O=C(O)[C@@H]1CCN1. The van der Waals surface area contributed by atoms with E-state index < -0.39 is 11.9 Å². The van der Waals surface area contributed by atoms with Gasteiger partial charge in [0, 0.05) is 6.92 Å². The molecule has 1 rings (SSSR count). The summed E-state index contributed by atoms with van der Waals surface area (Å²) < 4.78 is 0. The lowest BCUT2D eigenvalue weighted by atomic mass is 10.1. The van der Waals surface area contributed by atoms with Crippen molar-refractivity contribution in [2.24, 2.45) is 0 Å². The summed E-state index contributed by atoms with van der Waals surface area (Å²) in [5.41, 5.74) is 0. The van der Waals surface area contributed by atoms with E-state index in [-0.39, 0.29) is 6.04 Å². The van der Waals surface area contributed by atoms with Crippen LogP contribution < -0.4 is 5.32 Å². The molecule has 1 atom stereocenters. The Balaban J connectivity index is 0.000000218. The lowest BCUT2D eigenvalue weighted by Crippen LogP contribution is -2.48. The van der Waals surface area contributed by atoms with Gasteiger partial charge in [0.15, 0.2) is 0 Å². The molecule has 5 nitrogen and oxygen atoms in total. The molecule has 1 fully saturated rings. The van der Waals surface area contributed by atoms with Crippen molar-refractivity contribution >= 4 is 11.9 Å². The molecule has 1 heterocycles. The van der Waals surface area contributed by atoms with Gasteiger partial charge in [-0.3, -0.25) is 9.59 Å². The van der Waals surface area contributed by atoms with E-state index in [0.717, 1.165) is 19.9 Å². The van der Waals surface area contributed by atoms with Crippen LogP contribution in [0.15, 0.2) is 0 Å². The van der Waals surface area contributed by atoms with Crippen LogP contribution in [0.25, 0.3) is 0 Å².